The minimum atomic E-state index is -3.36. The third-order valence-corrected chi connectivity index (χ3v) is 4.57. The lowest BCUT2D eigenvalue weighted by atomic mass is 10.1. The van der Waals surface area contributed by atoms with E-state index in [0.29, 0.717) is 17.9 Å². The molecule has 0 aliphatic heterocycles. The Labute approximate surface area is 114 Å². The van der Waals surface area contributed by atoms with Crippen molar-refractivity contribution in [1.29, 1.82) is 0 Å². The summed E-state index contributed by atoms with van der Waals surface area (Å²) >= 11 is 0. The Kier molecular flexibility index (Phi) is 5.20. The number of sulfone groups is 1. The molecule has 0 fully saturated rings. The third kappa shape index (κ3) is 3.61. The second-order valence-electron chi connectivity index (χ2n) is 4.40. The van der Waals surface area contributed by atoms with Gasteiger partial charge in [-0.05, 0) is 25.0 Å². The highest BCUT2D eigenvalue weighted by Gasteiger charge is 2.21. The van der Waals surface area contributed by atoms with Crippen molar-refractivity contribution in [2.24, 2.45) is 5.73 Å². The smallest absolute Gasteiger partial charge is 0.181 e. The van der Waals surface area contributed by atoms with E-state index < -0.39 is 9.84 Å². The predicted molar refractivity (Wildman–Crippen MR) is 74.6 cm³/mol. The standard InChI is InChI=1S/C13H21NO4S/c1-5-19(15,16)13-8-11(17-3)10(6-9(2)14)7-12(13)18-4/h7-9H,5-6,14H2,1-4H3/t9-/m1/s1. The Morgan fingerprint density at radius 3 is 2.21 bits per heavy atom. The summed E-state index contributed by atoms with van der Waals surface area (Å²) in [7, 11) is -0.396. The van der Waals surface area contributed by atoms with Crippen molar-refractivity contribution < 1.29 is 17.9 Å². The van der Waals surface area contributed by atoms with Gasteiger partial charge in [0.05, 0.1) is 20.0 Å². The third-order valence-electron chi connectivity index (χ3n) is 2.82. The monoisotopic (exact) mass is 287 g/mol. The molecule has 19 heavy (non-hydrogen) atoms. The van der Waals surface area contributed by atoms with Crippen LogP contribution in [0.4, 0.5) is 0 Å². The number of benzene rings is 1. The van der Waals surface area contributed by atoms with Gasteiger partial charge in [-0.3, -0.25) is 0 Å². The van der Waals surface area contributed by atoms with Crippen LogP contribution in [0.2, 0.25) is 0 Å². The molecule has 0 heterocycles. The topological polar surface area (TPSA) is 78.6 Å². The maximum absolute atomic E-state index is 12.0. The van der Waals surface area contributed by atoms with Crippen LogP contribution in [-0.2, 0) is 16.3 Å². The summed E-state index contributed by atoms with van der Waals surface area (Å²) in [6, 6.07) is 3.15. The zero-order chi connectivity index (χ0) is 14.6. The van der Waals surface area contributed by atoms with Crippen LogP contribution >= 0.6 is 0 Å². The number of rotatable bonds is 6. The summed E-state index contributed by atoms with van der Waals surface area (Å²) in [6.07, 6.45) is 0.589. The molecule has 0 radical (unpaired) electrons. The van der Waals surface area contributed by atoms with Crippen LogP contribution < -0.4 is 15.2 Å². The van der Waals surface area contributed by atoms with E-state index in [2.05, 4.69) is 0 Å². The first kappa shape index (κ1) is 15.8. The van der Waals surface area contributed by atoms with Crippen LogP contribution in [0, 0.1) is 0 Å². The van der Waals surface area contributed by atoms with Gasteiger partial charge in [0.1, 0.15) is 16.4 Å². The SMILES string of the molecule is CCS(=O)(=O)c1cc(OC)c(C[C@@H](C)N)cc1OC. The molecule has 0 spiro atoms. The number of ether oxygens (including phenoxy) is 2. The molecule has 1 aromatic rings. The molecule has 0 aliphatic carbocycles. The van der Waals surface area contributed by atoms with Crippen molar-refractivity contribution in [3.8, 4) is 11.5 Å². The Balaban J connectivity index is 3.44. The van der Waals surface area contributed by atoms with Crippen molar-refractivity contribution in [2.45, 2.75) is 31.2 Å². The van der Waals surface area contributed by atoms with Gasteiger partial charge in [-0.15, -0.1) is 0 Å². The maximum Gasteiger partial charge on any atom is 0.181 e. The maximum atomic E-state index is 12.0. The van der Waals surface area contributed by atoms with Gasteiger partial charge in [-0.25, -0.2) is 8.42 Å². The number of hydrogen-bond donors (Lipinski definition) is 1. The normalized spacial score (nSPS) is 13.1. The Morgan fingerprint density at radius 2 is 1.79 bits per heavy atom. The molecule has 0 saturated carbocycles. The van der Waals surface area contributed by atoms with E-state index >= 15 is 0 Å². The molecular formula is C13H21NO4S. The van der Waals surface area contributed by atoms with Crippen LogP contribution in [0.3, 0.4) is 0 Å². The summed E-state index contributed by atoms with van der Waals surface area (Å²) in [4.78, 5) is 0.155. The first-order valence-corrected chi connectivity index (χ1v) is 7.74. The lowest BCUT2D eigenvalue weighted by Gasteiger charge is -2.15. The Morgan fingerprint density at radius 1 is 1.21 bits per heavy atom. The van der Waals surface area contributed by atoms with Crippen LogP contribution in [0.1, 0.15) is 19.4 Å². The van der Waals surface area contributed by atoms with E-state index in [1.54, 1.807) is 13.0 Å². The largest absolute Gasteiger partial charge is 0.496 e. The average molecular weight is 287 g/mol. The molecule has 1 rings (SSSR count). The number of hydrogen-bond acceptors (Lipinski definition) is 5. The Bertz CT molecular complexity index is 538. The lowest BCUT2D eigenvalue weighted by molar-refractivity contribution is 0.388. The van der Waals surface area contributed by atoms with Crippen LogP contribution in [0.5, 0.6) is 11.5 Å². The molecule has 0 aliphatic rings. The van der Waals surface area contributed by atoms with Crippen LogP contribution in [0.15, 0.2) is 17.0 Å². The predicted octanol–water partition coefficient (Wildman–Crippen LogP) is 1.39. The molecule has 1 atom stereocenters. The van der Waals surface area contributed by atoms with Gasteiger partial charge in [0.15, 0.2) is 9.84 Å². The second-order valence-corrected chi connectivity index (χ2v) is 6.65. The number of nitrogens with two attached hydrogens (primary N) is 1. The summed E-state index contributed by atoms with van der Waals surface area (Å²) in [6.45, 7) is 3.47. The van der Waals surface area contributed by atoms with E-state index in [0.717, 1.165) is 5.56 Å². The van der Waals surface area contributed by atoms with E-state index in [-0.39, 0.29) is 16.7 Å². The molecule has 5 nitrogen and oxygen atoms in total. The molecule has 0 amide bonds. The molecule has 6 heteroatoms. The molecule has 2 N–H and O–H groups in total. The van der Waals surface area contributed by atoms with Crippen molar-refractivity contribution in [1.82, 2.24) is 0 Å². The second kappa shape index (κ2) is 6.25. The van der Waals surface area contributed by atoms with Gasteiger partial charge >= 0.3 is 0 Å². The van der Waals surface area contributed by atoms with E-state index in [1.807, 2.05) is 6.92 Å². The van der Waals surface area contributed by atoms with Gasteiger partial charge in [-0.2, -0.15) is 0 Å². The molecule has 0 aromatic heterocycles. The van der Waals surface area contributed by atoms with Crippen molar-refractivity contribution in [3.05, 3.63) is 17.7 Å². The summed E-state index contributed by atoms with van der Waals surface area (Å²) in [5.74, 6) is 0.863. The van der Waals surface area contributed by atoms with Gasteiger partial charge < -0.3 is 15.2 Å². The molecular weight excluding hydrogens is 266 g/mol. The fraction of sp³-hybridized carbons (Fsp3) is 0.538. The van der Waals surface area contributed by atoms with Crippen molar-refractivity contribution >= 4 is 9.84 Å². The summed E-state index contributed by atoms with van der Waals surface area (Å²) in [5, 5.41) is 0. The van der Waals surface area contributed by atoms with Crippen molar-refractivity contribution in [3.63, 3.8) is 0 Å². The minimum Gasteiger partial charge on any atom is -0.496 e. The fourth-order valence-electron chi connectivity index (χ4n) is 1.84. The van der Waals surface area contributed by atoms with Gasteiger partial charge in [0.2, 0.25) is 0 Å². The van der Waals surface area contributed by atoms with E-state index in [9.17, 15) is 8.42 Å². The molecule has 1 aromatic carbocycles. The van der Waals surface area contributed by atoms with Gasteiger partial charge in [0, 0.05) is 12.1 Å². The van der Waals surface area contributed by atoms with Crippen LogP contribution in [-0.4, -0.2) is 34.4 Å². The zero-order valence-corrected chi connectivity index (χ0v) is 12.6. The molecule has 0 saturated heterocycles. The van der Waals surface area contributed by atoms with E-state index in [4.69, 9.17) is 15.2 Å². The highest BCUT2D eigenvalue weighted by molar-refractivity contribution is 7.91. The van der Waals surface area contributed by atoms with Crippen molar-refractivity contribution in [2.75, 3.05) is 20.0 Å². The fourth-order valence-corrected chi connectivity index (χ4v) is 2.88. The average Bonchev–Trinajstić information content (AvgIpc) is 2.37. The lowest BCUT2D eigenvalue weighted by Crippen LogP contribution is -2.18. The number of methoxy groups -OCH3 is 2. The highest BCUT2D eigenvalue weighted by Crippen LogP contribution is 2.33. The molecule has 108 valence electrons. The van der Waals surface area contributed by atoms with Gasteiger partial charge in [-0.1, -0.05) is 6.92 Å². The summed E-state index contributed by atoms with van der Waals surface area (Å²) < 4.78 is 34.5. The van der Waals surface area contributed by atoms with E-state index in [1.165, 1.54) is 20.3 Å². The first-order chi connectivity index (χ1) is 8.85. The zero-order valence-electron chi connectivity index (χ0n) is 11.8. The summed E-state index contributed by atoms with van der Waals surface area (Å²) in [5.41, 5.74) is 6.61. The van der Waals surface area contributed by atoms with Gasteiger partial charge in [0.25, 0.3) is 0 Å². The minimum absolute atomic E-state index is 0.0130. The molecule has 0 unspecified atom stereocenters. The molecule has 0 bridgehead atoms. The Hall–Kier alpha value is -1.27. The first-order valence-electron chi connectivity index (χ1n) is 6.09. The van der Waals surface area contributed by atoms with Crippen LogP contribution in [0.25, 0.3) is 0 Å². The quantitative estimate of drug-likeness (QED) is 0.855. The highest BCUT2D eigenvalue weighted by atomic mass is 32.2.